The Morgan fingerprint density at radius 2 is 2.17 bits per heavy atom. The zero-order valence-electron chi connectivity index (χ0n) is 8.27. The first-order valence-corrected chi connectivity index (χ1v) is 4.63. The third-order valence-corrected chi connectivity index (χ3v) is 1.87. The number of hydrogen-bond acceptors (Lipinski definition) is 1. The first-order valence-electron chi connectivity index (χ1n) is 4.63. The predicted octanol–water partition coefficient (Wildman–Crippen LogP) is 3.06. The van der Waals surface area contributed by atoms with Crippen LogP contribution < -0.4 is 0 Å². The lowest BCUT2D eigenvalue weighted by Crippen LogP contribution is -1.85. The summed E-state index contributed by atoms with van der Waals surface area (Å²) in [4.78, 5) is 0. The first-order chi connectivity index (χ1) is 5.70. The van der Waals surface area contributed by atoms with Gasteiger partial charge in [0.05, 0.1) is 6.61 Å². The van der Waals surface area contributed by atoms with Crippen LogP contribution in [0.5, 0.6) is 0 Å². The molecule has 12 heavy (non-hydrogen) atoms. The molecule has 0 fully saturated rings. The van der Waals surface area contributed by atoms with Crippen LogP contribution in [0.15, 0.2) is 23.8 Å². The van der Waals surface area contributed by atoms with Gasteiger partial charge in [0.1, 0.15) is 0 Å². The molecular formula is C11H20O. The van der Waals surface area contributed by atoms with E-state index in [1.165, 1.54) is 18.4 Å². The van der Waals surface area contributed by atoms with Gasteiger partial charge in [-0.25, -0.2) is 0 Å². The smallest absolute Gasteiger partial charge is 0.0639 e. The minimum absolute atomic E-state index is 0.168. The second-order valence-electron chi connectivity index (χ2n) is 3.27. The molecule has 0 aliphatic carbocycles. The molecule has 1 heteroatoms. The monoisotopic (exact) mass is 168 g/mol. The van der Waals surface area contributed by atoms with Crippen molar-refractivity contribution >= 4 is 0 Å². The highest BCUT2D eigenvalue weighted by Gasteiger charge is 1.91. The molecule has 0 rings (SSSR count). The Balaban J connectivity index is 3.56. The van der Waals surface area contributed by atoms with Crippen molar-refractivity contribution in [2.24, 2.45) is 0 Å². The van der Waals surface area contributed by atoms with Crippen LogP contribution in [-0.4, -0.2) is 11.7 Å². The summed E-state index contributed by atoms with van der Waals surface area (Å²) >= 11 is 0. The van der Waals surface area contributed by atoms with Crippen LogP contribution in [0.4, 0.5) is 0 Å². The van der Waals surface area contributed by atoms with Gasteiger partial charge < -0.3 is 5.11 Å². The minimum atomic E-state index is 0.168. The van der Waals surface area contributed by atoms with Crippen LogP contribution >= 0.6 is 0 Å². The molecular weight excluding hydrogens is 148 g/mol. The molecule has 0 aliphatic rings. The number of unbranched alkanes of at least 4 members (excludes halogenated alkanes) is 1. The molecule has 0 spiro atoms. The van der Waals surface area contributed by atoms with Gasteiger partial charge in [0.15, 0.2) is 0 Å². The van der Waals surface area contributed by atoms with Crippen LogP contribution in [0.1, 0.15) is 39.5 Å². The molecule has 0 atom stereocenters. The predicted molar refractivity (Wildman–Crippen MR) is 54.1 cm³/mol. The standard InChI is InChI=1S/C11H20O/c1-4-5-6-10(2)7-8-11(3)9-12/h8,12H,2,4-7,9H2,1,3H3/b11-8+. The normalized spacial score (nSPS) is 11.8. The van der Waals surface area contributed by atoms with E-state index in [9.17, 15) is 0 Å². The lowest BCUT2D eigenvalue weighted by atomic mass is 10.1. The molecule has 1 N–H and O–H groups in total. The maximum absolute atomic E-state index is 8.73. The number of aliphatic hydroxyl groups excluding tert-OH is 1. The second kappa shape index (κ2) is 7.11. The molecule has 0 aromatic heterocycles. The third kappa shape index (κ3) is 6.17. The number of hydrogen-bond donors (Lipinski definition) is 1. The van der Waals surface area contributed by atoms with Crippen molar-refractivity contribution in [1.29, 1.82) is 0 Å². The van der Waals surface area contributed by atoms with Crippen molar-refractivity contribution < 1.29 is 5.11 Å². The van der Waals surface area contributed by atoms with Crippen LogP contribution in [0, 0.1) is 0 Å². The maximum Gasteiger partial charge on any atom is 0.0639 e. The summed E-state index contributed by atoms with van der Waals surface area (Å²) in [6, 6.07) is 0. The van der Waals surface area contributed by atoms with Gasteiger partial charge in [-0.15, -0.1) is 0 Å². The SMILES string of the molecule is C=C(C/C=C(\C)CO)CCCC. The summed E-state index contributed by atoms with van der Waals surface area (Å²) in [5, 5.41) is 8.73. The number of aliphatic hydroxyl groups is 1. The fourth-order valence-corrected chi connectivity index (χ4v) is 0.912. The van der Waals surface area contributed by atoms with Gasteiger partial charge in [-0.3, -0.25) is 0 Å². The maximum atomic E-state index is 8.73. The summed E-state index contributed by atoms with van der Waals surface area (Å²) in [5.41, 5.74) is 2.30. The molecule has 0 saturated heterocycles. The van der Waals surface area contributed by atoms with E-state index in [4.69, 9.17) is 5.11 Å². The molecule has 0 aromatic carbocycles. The molecule has 1 nitrogen and oxygen atoms in total. The van der Waals surface area contributed by atoms with Crippen molar-refractivity contribution in [3.05, 3.63) is 23.8 Å². The Labute approximate surface area is 75.8 Å². The quantitative estimate of drug-likeness (QED) is 0.604. The highest BCUT2D eigenvalue weighted by molar-refractivity contribution is 5.07. The minimum Gasteiger partial charge on any atom is -0.392 e. The molecule has 0 bridgehead atoms. The lowest BCUT2D eigenvalue weighted by molar-refractivity contribution is 0.331. The zero-order valence-corrected chi connectivity index (χ0v) is 8.27. The van der Waals surface area contributed by atoms with Crippen LogP contribution in [0.2, 0.25) is 0 Å². The van der Waals surface area contributed by atoms with Gasteiger partial charge in [0, 0.05) is 0 Å². The summed E-state index contributed by atoms with van der Waals surface area (Å²) in [7, 11) is 0. The molecule has 0 unspecified atom stereocenters. The third-order valence-electron chi connectivity index (χ3n) is 1.87. The Kier molecular flexibility index (Phi) is 6.78. The van der Waals surface area contributed by atoms with E-state index < -0.39 is 0 Å². The van der Waals surface area contributed by atoms with Crippen molar-refractivity contribution in [3.63, 3.8) is 0 Å². The average Bonchev–Trinajstić information content (AvgIpc) is 2.10. The van der Waals surface area contributed by atoms with E-state index in [0.29, 0.717) is 0 Å². The van der Waals surface area contributed by atoms with Gasteiger partial charge in [0.2, 0.25) is 0 Å². The van der Waals surface area contributed by atoms with E-state index in [-0.39, 0.29) is 6.61 Å². The number of rotatable bonds is 6. The number of allylic oxidation sites excluding steroid dienone is 2. The van der Waals surface area contributed by atoms with Gasteiger partial charge in [-0.1, -0.05) is 37.1 Å². The summed E-state index contributed by atoms with van der Waals surface area (Å²) in [5.74, 6) is 0. The highest BCUT2D eigenvalue weighted by Crippen LogP contribution is 2.10. The largest absolute Gasteiger partial charge is 0.392 e. The van der Waals surface area contributed by atoms with Gasteiger partial charge in [0.25, 0.3) is 0 Å². The summed E-state index contributed by atoms with van der Waals surface area (Å²) in [6.07, 6.45) is 6.54. The van der Waals surface area contributed by atoms with Crippen LogP contribution in [0.3, 0.4) is 0 Å². The Bertz CT molecular complexity index is 156. The fraction of sp³-hybridized carbons (Fsp3) is 0.636. The van der Waals surface area contributed by atoms with Crippen molar-refractivity contribution in [3.8, 4) is 0 Å². The Morgan fingerprint density at radius 1 is 1.50 bits per heavy atom. The van der Waals surface area contributed by atoms with Gasteiger partial charge in [-0.05, 0) is 26.2 Å². The molecule has 70 valence electrons. The summed E-state index contributed by atoms with van der Waals surface area (Å²) in [6.45, 7) is 8.26. The lowest BCUT2D eigenvalue weighted by Gasteiger charge is -2.01. The highest BCUT2D eigenvalue weighted by atomic mass is 16.3. The van der Waals surface area contributed by atoms with Gasteiger partial charge >= 0.3 is 0 Å². The zero-order chi connectivity index (χ0) is 9.40. The van der Waals surface area contributed by atoms with Crippen molar-refractivity contribution in [2.75, 3.05) is 6.61 Å². The van der Waals surface area contributed by atoms with E-state index in [0.717, 1.165) is 18.4 Å². The fourth-order valence-electron chi connectivity index (χ4n) is 0.912. The first kappa shape index (κ1) is 11.4. The molecule has 0 heterocycles. The molecule has 0 aliphatic heterocycles. The van der Waals surface area contributed by atoms with Gasteiger partial charge in [-0.2, -0.15) is 0 Å². The van der Waals surface area contributed by atoms with E-state index >= 15 is 0 Å². The van der Waals surface area contributed by atoms with Crippen LogP contribution in [-0.2, 0) is 0 Å². The molecule has 0 aromatic rings. The Morgan fingerprint density at radius 3 is 2.67 bits per heavy atom. The second-order valence-corrected chi connectivity index (χ2v) is 3.27. The van der Waals surface area contributed by atoms with E-state index in [2.05, 4.69) is 19.6 Å². The van der Waals surface area contributed by atoms with E-state index in [1.54, 1.807) is 0 Å². The Hall–Kier alpha value is -0.560. The summed E-state index contributed by atoms with van der Waals surface area (Å²) < 4.78 is 0. The molecule has 0 saturated carbocycles. The van der Waals surface area contributed by atoms with E-state index in [1.807, 2.05) is 6.92 Å². The average molecular weight is 168 g/mol. The topological polar surface area (TPSA) is 20.2 Å². The molecule has 0 amide bonds. The van der Waals surface area contributed by atoms with Crippen molar-refractivity contribution in [1.82, 2.24) is 0 Å². The van der Waals surface area contributed by atoms with Crippen molar-refractivity contribution in [2.45, 2.75) is 39.5 Å². The molecule has 0 radical (unpaired) electrons. The van der Waals surface area contributed by atoms with Crippen LogP contribution in [0.25, 0.3) is 0 Å².